The molecule has 1 amide bonds. The number of amides is 1. The Morgan fingerprint density at radius 2 is 2.08 bits per heavy atom. The van der Waals surface area contributed by atoms with Crippen molar-refractivity contribution in [3.8, 4) is 0 Å². The summed E-state index contributed by atoms with van der Waals surface area (Å²) in [6, 6.07) is 10.0. The fourth-order valence-electron chi connectivity index (χ4n) is 2.81. The summed E-state index contributed by atoms with van der Waals surface area (Å²) in [5.74, 6) is -0.102. The number of hydrogen-bond acceptors (Lipinski definition) is 5. The van der Waals surface area contributed by atoms with E-state index in [4.69, 9.17) is 4.74 Å². The molecule has 140 valence electrons. The summed E-state index contributed by atoms with van der Waals surface area (Å²) in [6.07, 6.45) is 0.669. The van der Waals surface area contributed by atoms with Gasteiger partial charge in [-0.15, -0.1) is 11.3 Å². The Kier molecular flexibility index (Phi) is 6.08. The maximum atomic E-state index is 12.5. The van der Waals surface area contributed by atoms with Gasteiger partial charge in [-0.25, -0.2) is 13.1 Å². The summed E-state index contributed by atoms with van der Waals surface area (Å²) in [7, 11) is -3.58. The van der Waals surface area contributed by atoms with E-state index in [9.17, 15) is 13.2 Å². The molecule has 0 saturated carbocycles. The number of nitrogens with zero attached hydrogens (tertiary/aromatic N) is 1. The zero-order valence-corrected chi connectivity index (χ0v) is 16.2. The number of carbonyl (C=O) groups excluding carboxylic acids is 1. The molecule has 0 radical (unpaired) electrons. The van der Waals surface area contributed by atoms with Gasteiger partial charge in [-0.1, -0.05) is 6.07 Å². The number of rotatable bonds is 6. The first-order chi connectivity index (χ1) is 12.5. The van der Waals surface area contributed by atoms with Gasteiger partial charge in [-0.3, -0.25) is 4.79 Å². The predicted molar refractivity (Wildman–Crippen MR) is 101 cm³/mol. The second-order valence-corrected chi connectivity index (χ2v) is 8.98. The number of thiophene rings is 1. The van der Waals surface area contributed by atoms with Gasteiger partial charge in [0.1, 0.15) is 0 Å². The summed E-state index contributed by atoms with van der Waals surface area (Å²) < 4.78 is 32.8. The monoisotopic (exact) mass is 394 g/mol. The molecule has 1 aromatic heterocycles. The maximum absolute atomic E-state index is 12.5. The summed E-state index contributed by atoms with van der Waals surface area (Å²) in [5, 5.41) is 1.97. The quantitative estimate of drug-likeness (QED) is 0.814. The third-order valence-electron chi connectivity index (χ3n) is 4.18. The zero-order valence-electron chi connectivity index (χ0n) is 14.6. The van der Waals surface area contributed by atoms with Gasteiger partial charge in [0.25, 0.3) is 5.91 Å². The van der Waals surface area contributed by atoms with Gasteiger partial charge in [-0.2, -0.15) is 0 Å². The molecule has 1 aliphatic heterocycles. The summed E-state index contributed by atoms with van der Waals surface area (Å²) in [6.45, 7) is 3.89. The van der Waals surface area contributed by atoms with Crippen LogP contribution in [0.4, 0.5) is 0 Å². The Balaban J connectivity index is 1.61. The molecular weight excluding hydrogens is 372 g/mol. The first kappa shape index (κ1) is 19.0. The molecule has 1 fully saturated rings. The Bertz CT molecular complexity index is 833. The standard InChI is InChI=1S/C18H22N2O4S2/c1-14-13-20(10-11-24-14)18(21)15-4-6-17(7-5-15)26(22,23)19-9-8-16-3-2-12-25-16/h2-7,12,14,19H,8-11,13H2,1H3. The van der Waals surface area contributed by atoms with Crippen molar-refractivity contribution >= 4 is 27.3 Å². The molecule has 0 spiro atoms. The van der Waals surface area contributed by atoms with Crippen LogP contribution < -0.4 is 4.72 Å². The molecule has 0 aliphatic carbocycles. The second-order valence-electron chi connectivity index (χ2n) is 6.18. The molecule has 1 N–H and O–H groups in total. The molecule has 2 aromatic rings. The van der Waals surface area contributed by atoms with Crippen LogP contribution in [0.2, 0.25) is 0 Å². The number of hydrogen-bond donors (Lipinski definition) is 1. The molecule has 26 heavy (non-hydrogen) atoms. The minimum Gasteiger partial charge on any atom is -0.375 e. The van der Waals surface area contributed by atoms with Gasteiger partial charge >= 0.3 is 0 Å². The fraction of sp³-hybridized carbons (Fsp3) is 0.389. The number of ether oxygens (including phenoxy) is 1. The number of nitrogens with one attached hydrogen (secondary N) is 1. The lowest BCUT2D eigenvalue weighted by Gasteiger charge is -2.31. The number of sulfonamides is 1. The van der Waals surface area contributed by atoms with Crippen molar-refractivity contribution in [1.82, 2.24) is 9.62 Å². The van der Waals surface area contributed by atoms with Gasteiger partial charge in [0, 0.05) is 30.1 Å². The minimum absolute atomic E-state index is 0.0138. The van der Waals surface area contributed by atoms with Crippen molar-refractivity contribution in [1.29, 1.82) is 0 Å². The first-order valence-electron chi connectivity index (χ1n) is 8.49. The van der Waals surface area contributed by atoms with Gasteiger partial charge < -0.3 is 9.64 Å². The summed E-state index contributed by atoms with van der Waals surface area (Å²) in [4.78, 5) is 15.5. The largest absolute Gasteiger partial charge is 0.375 e. The van der Waals surface area contributed by atoms with E-state index in [1.165, 1.54) is 12.1 Å². The van der Waals surface area contributed by atoms with Crippen LogP contribution in [0.25, 0.3) is 0 Å². The molecule has 1 unspecified atom stereocenters. The van der Waals surface area contributed by atoms with E-state index in [1.807, 2.05) is 24.4 Å². The van der Waals surface area contributed by atoms with Gasteiger partial charge in [0.05, 0.1) is 17.6 Å². The van der Waals surface area contributed by atoms with E-state index >= 15 is 0 Å². The van der Waals surface area contributed by atoms with Gasteiger partial charge in [0.2, 0.25) is 10.0 Å². The number of morpholine rings is 1. The molecule has 0 bridgehead atoms. The molecule has 1 atom stereocenters. The normalized spacial score (nSPS) is 18.0. The topological polar surface area (TPSA) is 75.7 Å². The van der Waals surface area contributed by atoms with E-state index in [2.05, 4.69) is 4.72 Å². The van der Waals surface area contributed by atoms with Crippen molar-refractivity contribution < 1.29 is 17.9 Å². The van der Waals surface area contributed by atoms with Crippen molar-refractivity contribution in [3.63, 3.8) is 0 Å². The van der Waals surface area contributed by atoms with Crippen molar-refractivity contribution in [2.45, 2.75) is 24.3 Å². The zero-order chi connectivity index (χ0) is 18.6. The summed E-state index contributed by atoms with van der Waals surface area (Å²) in [5.41, 5.74) is 0.483. The van der Waals surface area contributed by atoms with Crippen LogP contribution in [0.5, 0.6) is 0 Å². The number of benzene rings is 1. The van der Waals surface area contributed by atoms with E-state index in [-0.39, 0.29) is 16.9 Å². The van der Waals surface area contributed by atoms with Crippen LogP contribution in [-0.4, -0.2) is 51.6 Å². The van der Waals surface area contributed by atoms with E-state index in [0.717, 1.165) is 4.88 Å². The molecule has 1 saturated heterocycles. The molecule has 8 heteroatoms. The highest BCUT2D eigenvalue weighted by Crippen LogP contribution is 2.15. The lowest BCUT2D eigenvalue weighted by Crippen LogP contribution is -2.44. The average Bonchev–Trinajstić information content (AvgIpc) is 3.14. The third-order valence-corrected chi connectivity index (χ3v) is 6.60. The van der Waals surface area contributed by atoms with Gasteiger partial charge in [0.15, 0.2) is 0 Å². The van der Waals surface area contributed by atoms with Crippen molar-refractivity contribution in [2.24, 2.45) is 0 Å². The molecular formula is C18H22N2O4S2. The smallest absolute Gasteiger partial charge is 0.254 e. The Morgan fingerprint density at radius 3 is 2.73 bits per heavy atom. The van der Waals surface area contributed by atoms with Crippen molar-refractivity contribution in [3.05, 3.63) is 52.2 Å². The van der Waals surface area contributed by atoms with Crippen LogP contribution in [0.1, 0.15) is 22.2 Å². The summed E-state index contributed by atoms with van der Waals surface area (Å²) >= 11 is 1.60. The SMILES string of the molecule is CC1CN(C(=O)c2ccc(S(=O)(=O)NCCc3cccs3)cc2)CCO1. The molecule has 2 heterocycles. The van der Waals surface area contributed by atoms with Crippen molar-refractivity contribution in [2.75, 3.05) is 26.2 Å². The van der Waals surface area contributed by atoms with Gasteiger partial charge in [-0.05, 0) is 49.1 Å². The van der Waals surface area contributed by atoms with E-state index < -0.39 is 10.0 Å². The highest BCUT2D eigenvalue weighted by Gasteiger charge is 2.23. The molecule has 6 nitrogen and oxygen atoms in total. The van der Waals surface area contributed by atoms with E-state index in [1.54, 1.807) is 28.4 Å². The molecule has 1 aromatic carbocycles. The highest BCUT2D eigenvalue weighted by molar-refractivity contribution is 7.89. The van der Waals surface area contributed by atoms with E-state index in [0.29, 0.717) is 38.2 Å². The maximum Gasteiger partial charge on any atom is 0.254 e. The second kappa shape index (κ2) is 8.30. The lowest BCUT2D eigenvalue weighted by molar-refractivity contribution is -0.0124. The van der Waals surface area contributed by atoms with Crippen LogP contribution in [0.3, 0.4) is 0 Å². The molecule has 3 rings (SSSR count). The van der Waals surface area contributed by atoms with Crippen LogP contribution >= 0.6 is 11.3 Å². The fourth-order valence-corrected chi connectivity index (χ4v) is 4.55. The lowest BCUT2D eigenvalue weighted by atomic mass is 10.2. The third kappa shape index (κ3) is 4.70. The molecule has 1 aliphatic rings. The average molecular weight is 395 g/mol. The van der Waals surface area contributed by atoms with Crippen LogP contribution in [-0.2, 0) is 21.2 Å². The predicted octanol–water partition coefficient (Wildman–Crippen LogP) is 2.13. The minimum atomic E-state index is -3.58. The number of carbonyl (C=O) groups is 1. The first-order valence-corrected chi connectivity index (χ1v) is 10.8. The van der Waals surface area contributed by atoms with Crippen LogP contribution in [0, 0.1) is 0 Å². The Morgan fingerprint density at radius 1 is 1.31 bits per heavy atom. The highest BCUT2D eigenvalue weighted by atomic mass is 32.2. The Hall–Kier alpha value is -1.74. The Labute approximate surface area is 157 Å². The van der Waals surface area contributed by atoms with Crippen LogP contribution in [0.15, 0.2) is 46.7 Å².